The fraction of sp³-hybridized carbons (Fsp3) is 0. The van der Waals surface area contributed by atoms with Crippen LogP contribution in [0.3, 0.4) is 0 Å². The molecule has 0 saturated heterocycles. The van der Waals surface area contributed by atoms with Crippen molar-refractivity contribution in [3.8, 4) is 0 Å². The van der Waals surface area contributed by atoms with Crippen LogP contribution in [0.2, 0.25) is 0 Å². The van der Waals surface area contributed by atoms with Gasteiger partial charge in [-0.2, -0.15) is 0 Å². The second kappa shape index (κ2) is 4.82. The van der Waals surface area contributed by atoms with Gasteiger partial charge in [0.15, 0.2) is 0 Å². The first-order valence-corrected chi connectivity index (χ1v) is 4.89. The molecule has 2 aromatic carbocycles. The maximum absolute atomic E-state index is 12.9. The van der Waals surface area contributed by atoms with E-state index in [0.29, 0.717) is 5.69 Å². The van der Waals surface area contributed by atoms with Crippen LogP contribution in [0.25, 0.3) is 0 Å². The molecule has 0 N–H and O–H groups in total. The van der Waals surface area contributed by atoms with Gasteiger partial charge < -0.3 is 0 Å². The van der Waals surface area contributed by atoms with E-state index in [1.54, 1.807) is 6.07 Å². The van der Waals surface area contributed by atoms with Gasteiger partial charge in [0, 0.05) is 12.3 Å². The standard InChI is InChI=1S/C13H8F3N/c14-10-2-1-3-13(7-10)17-8-9-4-11(15)6-12(16)5-9/h1-8H. The SMILES string of the molecule is Fc1cc(F)cc(C=Nc2cccc(F)c2)c1. The predicted molar refractivity (Wildman–Crippen MR) is 60.0 cm³/mol. The predicted octanol–water partition coefficient (Wildman–Crippen LogP) is 3.85. The molecule has 0 bridgehead atoms. The van der Waals surface area contributed by atoms with Crippen LogP contribution in [-0.2, 0) is 0 Å². The van der Waals surface area contributed by atoms with Gasteiger partial charge >= 0.3 is 0 Å². The highest BCUT2D eigenvalue weighted by Crippen LogP contribution is 2.13. The Bertz CT molecular complexity index is 544. The van der Waals surface area contributed by atoms with Gasteiger partial charge in [-0.05, 0) is 35.9 Å². The van der Waals surface area contributed by atoms with E-state index in [1.807, 2.05) is 0 Å². The largest absolute Gasteiger partial charge is 0.256 e. The third-order valence-electron chi connectivity index (χ3n) is 2.06. The number of hydrogen-bond donors (Lipinski definition) is 0. The van der Waals surface area contributed by atoms with E-state index < -0.39 is 17.5 Å². The number of benzene rings is 2. The lowest BCUT2D eigenvalue weighted by Crippen LogP contribution is -1.86. The molecule has 0 atom stereocenters. The smallest absolute Gasteiger partial charge is 0.126 e. The molecule has 0 spiro atoms. The fourth-order valence-corrected chi connectivity index (χ4v) is 1.36. The summed E-state index contributed by atoms with van der Waals surface area (Å²) in [5, 5.41) is 0. The lowest BCUT2D eigenvalue weighted by molar-refractivity contribution is 0.583. The minimum absolute atomic E-state index is 0.284. The number of aliphatic imine (C=N–C) groups is 1. The molecule has 0 amide bonds. The van der Waals surface area contributed by atoms with Crippen molar-refractivity contribution in [2.75, 3.05) is 0 Å². The topological polar surface area (TPSA) is 12.4 Å². The van der Waals surface area contributed by atoms with Crippen molar-refractivity contribution >= 4 is 11.9 Å². The van der Waals surface area contributed by atoms with E-state index in [-0.39, 0.29) is 5.56 Å². The molecule has 1 nitrogen and oxygen atoms in total. The highest BCUT2D eigenvalue weighted by molar-refractivity contribution is 5.81. The fourth-order valence-electron chi connectivity index (χ4n) is 1.36. The summed E-state index contributed by atoms with van der Waals surface area (Å²) in [6.45, 7) is 0. The van der Waals surface area contributed by atoms with E-state index in [9.17, 15) is 13.2 Å². The summed E-state index contributed by atoms with van der Waals surface area (Å²) in [6, 6.07) is 8.69. The van der Waals surface area contributed by atoms with Crippen molar-refractivity contribution in [1.82, 2.24) is 0 Å². The van der Waals surface area contributed by atoms with Gasteiger partial charge in [-0.25, -0.2) is 13.2 Å². The number of rotatable bonds is 2. The van der Waals surface area contributed by atoms with Crippen LogP contribution in [0.15, 0.2) is 47.5 Å². The van der Waals surface area contributed by atoms with Crippen LogP contribution in [0.5, 0.6) is 0 Å². The number of halogens is 3. The first-order chi connectivity index (χ1) is 8.13. The van der Waals surface area contributed by atoms with Crippen molar-refractivity contribution in [3.05, 3.63) is 65.5 Å². The Morgan fingerprint density at radius 1 is 0.824 bits per heavy atom. The average Bonchev–Trinajstić information content (AvgIpc) is 2.25. The Kier molecular flexibility index (Phi) is 3.23. The third kappa shape index (κ3) is 3.17. The van der Waals surface area contributed by atoms with E-state index >= 15 is 0 Å². The van der Waals surface area contributed by atoms with Crippen LogP contribution in [0, 0.1) is 17.5 Å². The molecule has 4 heteroatoms. The van der Waals surface area contributed by atoms with Gasteiger partial charge in [-0.3, -0.25) is 4.99 Å². The molecule has 0 aromatic heterocycles. The molecule has 2 rings (SSSR count). The van der Waals surface area contributed by atoms with Crippen molar-refractivity contribution < 1.29 is 13.2 Å². The Hall–Kier alpha value is -2.10. The molecule has 0 unspecified atom stereocenters. The lowest BCUT2D eigenvalue weighted by atomic mass is 10.2. The van der Waals surface area contributed by atoms with Gasteiger partial charge in [-0.1, -0.05) is 6.07 Å². The van der Waals surface area contributed by atoms with Crippen LogP contribution < -0.4 is 0 Å². The summed E-state index contributed by atoms with van der Waals surface area (Å²) in [7, 11) is 0. The highest BCUT2D eigenvalue weighted by atomic mass is 19.1. The molecule has 0 aliphatic carbocycles. The lowest BCUT2D eigenvalue weighted by Gasteiger charge is -1.96. The van der Waals surface area contributed by atoms with Crippen LogP contribution in [0.4, 0.5) is 18.9 Å². The maximum Gasteiger partial charge on any atom is 0.126 e. The summed E-state index contributed by atoms with van der Waals surface area (Å²) in [5.74, 6) is -1.76. The average molecular weight is 235 g/mol. The van der Waals surface area contributed by atoms with E-state index in [1.165, 1.54) is 24.4 Å². The summed E-state index contributed by atoms with van der Waals surface area (Å²) in [4.78, 5) is 3.92. The maximum atomic E-state index is 12.9. The quantitative estimate of drug-likeness (QED) is 0.701. The zero-order valence-corrected chi connectivity index (χ0v) is 8.70. The molecule has 0 radical (unpaired) electrons. The van der Waals surface area contributed by atoms with Crippen molar-refractivity contribution in [2.45, 2.75) is 0 Å². The highest BCUT2D eigenvalue weighted by Gasteiger charge is 1.98. The second-order valence-electron chi connectivity index (χ2n) is 3.44. The zero-order chi connectivity index (χ0) is 12.3. The Labute approximate surface area is 96.2 Å². The van der Waals surface area contributed by atoms with Crippen LogP contribution in [-0.4, -0.2) is 6.21 Å². The molecule has 0 aliphatic rings. The molecular formula is C13H8F3N. The number of nitrogens with zero attached hydrogens (tertiary/aromatic N) is 1. The third-order valence-corrected chi connectivity index (χ3v) is 2.06. The Morgan fingerprint density at radius 3 is 2.18 bits per heavy atom. The monoisotopic (exact) mass is 235 g/mol. The first-order valence-electron chi connectivity index (χ1n) is 4.89. The molecule has 0 aliphatic heterocycles. The van der Waals surface area contributed by atoms with Gasteiger partial charge in [-0.15, -0.1) is 0 Å². The van der Waals surface area contributed by atoms with Crippen LogP contribution in [0.1, 0.15) is 5.56 Å². The minimum Gasteiger partial charge on any atom is -0.256 e. The van der Waals surface area contributed by atoms with E-state index in [2.05, 4.69) is 4.99 Å². The minimum atomic E-state index is -0.675. The summed E-state index contributed by atoms with van der Waals surface area (Å²) in [6.07, 6.45) is 1.28. The first kappa shape index (κ1) is 11.4. The van der Waals surface area contributed by atoms with Gasteiger partial charge in [0.1, 0.15) is 17.5 Å². The molecule has 0 fully saturated rings. The molecule has 0 saturated carbocycles. The zero-order valence-electron chi connectivity index (χ0n) is 8.70. The molecular weight excluding hydrogens is 227 g/mol. The van der Waals surface area contributed by atoms with Crippen molar-refractivity contribution in [2.24, 2.45) is 4.99 Å². The van der Waals surface area contributed by atoms with Crippen molar-refractivity contribution in [1.29, 1.82) is 0 Å². The van der Waals surface area contributed by atoms with Crippen LogP contribution >= 0.6 is 0 Å². The summed E-state index contributed by atoms with van der Waals surface area (Å²) < 4.78 is 38.5. The van der Waals surface area contributed by atoms with Crippen molar-refractivity contribution in [3.63, 3.8) is 0 Å². The Balaban J connectivity index is 2.25. The normalized spacial score (nSPS) is 11.0. The van der Waals surface area contributed by atoms with E-state index in [0.717, 1.165) is 18.2 Å². The molecule has 86 valence electrons. The van der Waals surface area contributed by atoms with Gasteiger partial charge in [0.05, 0.1) is 5.69 Å². The molecule has 2 aromatic rings. The van der Waals surface area contributed by atoms with Gasteiger partial charge in [0.25, 0.3) is 0 Å². The molecule has 17 heavy (non-hydrogen) atoms. The number of hydrogen-bond acceptors (Lipinski definition) is 1. The molecule has 0 heterocycles. The Morgan fingerprint density at radius 2 is 1.53 bits per heavy atom. The van der Waals surface area contributed by atoms with E-state index in [4.69, 9.17) is 0 Å². The summed E-state index contributed by atoms with van der Waals surface area (Å²) in [5.41, 5.74) is 0.668. The second-order valence-corrected chi connectivity index (χ2v) is 3.44. The summed E-state index contributed by atoms with van der Waals surface area (Å²) >= 11 is 0. The van der Waals surface area contributed by atoms with Gasteiger partial charge in [0.2, 0.25) is 0 Å².